The number of benzene rings is 1. The van der Waals surface area contributed by atoms with Crippen molar-refractivity contribution in [1.29, 1.82) is 5.26 Å². The lowest BCUT2D eigenvalue weighted by atomic mass is 9.78. The minimum absolute atomic E-state index is 0.180. The fraction of sp³-hybridized carbons (Fsp3) is 0.588. The van der Waals surface area contributed by atoms with E-state index in [0.29, 0.717) is 25.5 Å². The second kappa shape index (κ2) is 7.51. The Morgan fingerprint density at radius 3 is 2.54 bits per heavy atom. The second-order valence-electron chi connectivity index (χ2n) is 6.55. The van der Waals surface area contributed by atoms with Gasteiger partial charge in [0, 0.05) is 13.7 Å². The van der Waals surface area contributed by atoms with Crippen LogP contribution in [0.3, 0.4) is 0 Å². The van der Waals surface area contributed by atoms with Gasteiger partial charge in [0.2, 0.25) is 10.0 Å². The first-order valence-corrected chi connectivity index (χ1v) is 9.40. The first kappa shape index (κ1) is 18.7. The average molecular weight is 352 g/mol. The summed E-state index contributed by atoms with van der Waals surface area (Å²) in [6.45, 7) is 5.12. The molecule has 132 valence electrons. The van der Waals surface area contributed by atoms with Crippen LogP contribution in [0.25, 0.3) is 0 Å². The highest BCUT2D eigenvalue weighted by Gasteiger charge is 2.43. The normalized spacial score (nSPS) is 21.2. The lowest BCUT2D eigenvalue weighted by Gasteiger charge is -2.41. The highest BCUT2D eigenvalue weighted by Crippen LogP contribution is 2.37. The molecule has 0 N–H and O–H groups in total. The van der Waals surface area contributed by atoms with Crippen molar-refractivity contribution in [3.63, 3.8) is 0 Å². The fourth-order valence-electron chi connectivity index (χ4n) is 2.93. The van der Waals surface area contributed by atoms with E-state index in [1.54, 1.807) is 19.2 Å². The Bertz CT molecular complexity index is 692. The maximum atomic E-state index is 12.9. The SMILES string of the molecule is COCCOc1ccc(S(=O)(=O)N2CCCC(C)(C)C2C#N)cc1. The molecule has 0 saturated carbocycles. The van der Waals surface area contributed by atoms with Crippen molar-refractivity contribution in [3.8, 4) is 11.8 Å². The predicted octanol–water partition coefficient (Wildman–Crippen LogP) is 2.41. The summed E-state index contributed by atoms with van der Waals surface area (Å²) in [6.07, 6.45) is 1.59. The van der Waals surface area contributed by atoms with Crippen LogP contribution in [0.5, 0.6) is 5.75 Å². The first-order chi connectivity index (χ1) is 11.3. The molecule has 0 bridgehead atoms. The van der Waals surface area contributed by atoms with E-state index >= 15 is 0 Å². The van der Waals surface area contributed by atoms with E-state index in [1.807, 2.05) is 13.8 Å². The number of nitrogens with zero attached hydrogens (tertiary/aromatic N) is 2. The van der Waals surface area contributed by atoms with E-state index < -0.39 is 16.1 Å². The van der Waals surface area contributed by atoms with Crippen LogP contribution in [0.4, 0.5) is 0 Å². The molecule has 7 heteroatoms. The fourth-order valence-corrected chi connectivity index (χ4v) is 4.66. The third kappa shape index (κ3) is 3.89. The van der Waals surface area contributed by atoms with E-state index in [9.17, 15) is 13.7 Å². The van der Waals surface area contributed by atoms with Crippen LogP contribution in [0.1, 0.15) is 26.7 Å². The number of nitriles is 1. The molecule has 1 heterocycles. The molecule has 1 saturated heterocycles. The van der Waals surface area contributed by atoms with Crippen LogP contribution >= 0.6 is 0 Å². The second-order valence-corrected chi connectivity index (χ2v) is 8.44. The van der Waals surface area contributed by atoms with Crippen LogP contribution in [0.15, 0.2) is 29.2 Å². The largest absolute Gasteiger partial charge is 0.491 e. The molecule has 1 fully saturated rings. The Morgan fingerprint density at radius 1 is 1.29 bits per heavy atom. The molecule has 1 atom stereocenters. The topological polar surface area (TPSA) is 79.6 Å². The van der Waals surface area contributed by atoms with Gasteiger partial charge < -0.3 is 9.47 Å². The van der Waals surface area contributed by atoms with Gasteiger partial charge >= 0.3 is 0 Å². The van der Waals surface area contributed by atoms with Crippen molar-refractivity contribution >= 4 is 10.0 Å². The van der Waals surface area contributed by atoms with Gasteiger partial charge in [0.05, 0.1) is 17.6 Å². The summed E-state index contributed by atoms with van der Waals surface area (Å²) in [5.74, 6) is 0.585. The molecule has 0 aromatic heterocycles. The van der Waals surface area contributed by atoms with E-state index in [2.05, 4.69) is 6.07 Å². The van der Waals surface area contributed by atoms with Crippen LogP contribution in [0.2, 0.25) is 0 Å². The molecule has 2 rings (SSSR count). The highest BCUT2D eigenvalue weighted by molar-refractivity contribution is 7.89. The van der Waals surface area contributed by atoms with Gasteiger partial charge in [-0.25, -0.2) is 8.42 Å². The molecular weight excluding hydrogens is 328 g/mol. The number of piperidine rings is 1. The number of ether oxygens (including phenoxy) is 2. The molecule has 24 heavy (non-hydrogen) atoms. The number of methoxy groups -OCH3 is 1. The monoisotopic (exact) mass is 352 g/mol. The van der Waals surface area contributed by atoms with Crippen LogP contribution in [0, 0.1) is 16.7 Å². The third-order valence-corrected chi connectivity index (χ3v) is 6.22. The lowest BCUT2D eigenvalue weighted by Crippen LogP contribution is -2.51. The quantitative estimate of drug-likeness (QED) is 0.735. The lowest BCUT2D eigenvalue weighted by molar-refractivity contribution is 0.139. The number of hydrogen-bond donors (Lipinski definition) is 0. The number of sulfonamides is 1. The number of hydrogen-bond acceptors (Lipinski definition) is 5. The molecule has 1 aromatic carbocycles. The van der Waals surface area contributed by atoms with Gasteiger partial charge in [0.15, 0.2) is 0 Å². The van der Waals surface area contributed by atoms with Gasteiger partial charge in [-0.05, 0) is 42.5 Å². The molecule has 0 aliphatic carbocycles. The molecule has 1 aliphatic heterocycles. The maximum Gasteiger partial charge on any atom is 0.244 e. The maximum absolute atomic E-state index is 12.9. The summed E-state index contributed by atoms with van der Waals surface area (Å²) >= 11 is 0. The molecule has 0 radical (unpaired) electrons. The Morgan fingerprint density at radius 2 is 1.96 bits per heavy atom. The molecule has 1 aliphatic rings. The minimum atomic E-state index is -3.71. The van der Waals surface area contributed by atoms with Crippen molar-refractivity contribution in [2.45, 2.75) is 37.6 Å². The Hall–Kier alpha value is -1.62. The van der Waals surface area contributed by atoms with Crippen molar-refractivity contribution in [1.82, 2.24) is 4.31 Å². The van der Waals surface area contributed by atoms with E-state index in [4.69, 9.17) is 9.47 Å². The van der Waals surface area contributed by atoms with Crippen molar-refractivity contribution < 1.29 is 17.9 Å². The minimum Gasteiger partial charge on any atom is -0.491 e. The summed E-state index contributed by atoms with van der Waals surface area (Å²) in [5.41, 5.74) is -0.358. The average Bonchev–Trinajstić information content (AvgIpc) is 2.54. The predicted molar refractivity (Wildman–Crippen MR) is 90.1 cm³/mol. The Balaban J connectivity index is 2.22. The molecular formula is C17H24N2O4S. The summed E-state index contributed by atoms with van der Waals surface area (Å²) in [4.78, 5) is 0.180. The zero-order chi connectivity index (χ0) is 17.8. The van der Waals surface area contributed by atoms with E-state index in [-0.39, 0.29) is 10.3 Å². The van der Waals surface area contributed by atoms with Gasteiger partial charge in [-0.3, -0.25) is 0 Å². The van der Waals surface area contributed by atoms with Crippen molar-refractivity contribution in [2.24, 2.45) is 5.41 Å². The zero-order valence-electron chi connectivity index (χ0n) is 14.4. The van der Waals surface area contributed by atoms with Gasteiger partial charge in [-0.1, -0.05) is 13.8 Å². The highest BCUT2D eigenvalue weighted by atomic mass is 32.2. The van der Waals surface area contributed by atoms with E-state index in [0.717, 1.165) is 12.8 Å². The Labute approximate surface area is 144 Å². The summed E-state index contributed by atoms with van der Waals surface area (Å²) < 4.78 is 37.5. The van der Waals surface area contributed by atoms with Crippen molar-refractivity contribution in [2.75, 3.05) is 26.9 Å². The molecule has 1 unspecified atom stereocenters. The molecule has 6 nitrogen and oxygen atoms in total. The van der Waals surface area contributed by atoms with Gasteiger partial charge in [0.25, 0.3) is 0 Å². The molecule has 1 aromatic rings. The summed E-state index contributed by atoms with van der Waals surface area (Å²) in [6, 6.07) is 7.81. The zero-order valence-corrected chi connectivity index (χ0v) is 15.2. The summed E-state index contributed by atoms with van der Waals surface area (Å²) in [5, 5.41) is 9.48. The van der Waals surface area contributed by atoms with Crippen LogP contribution in [-0.4, -0.2) is 45.6 Å². The van der Waals surface area contributed by atoms with Gasteiger partial charge in [-0.15, -0.1) is 0 Å². The van der Waals surface area contributed by atoms with Crippen molar-refractivity contribution in [3.05, 3.63) is 24.3 Å². The molecule has 0 spiro atoms. The smallest absolute Gasteiger partial charge is 0.244 e. The Kier molecular flexibility index (Phi) is 5.86. The number of rotatable bonds is 6. The standard InChI is InChI=1S/C17H24N2O4S/c1-17(2)9-4-10-19(16(17)13-18)24(20,21)15-7-5-14(6-8-15)23-12-11-22-3/h5-8,16H,4,9-12H2,1-3H3. The van der Waals surface area contributed by atoms with Gasteiger partial charge in [-0.2, -0.15) is 9.57 Å². The third-order valence-electron chi connectivity index (χ3n) is 4.34. The summed E-state index contributed by atoms with van der Waals surface area (Å²) in [7, 11) is -2.12. The van der Waals surface area contributed by atoms with Crippen LogP contribution in [-0.2, 0) is 14.8 Å². The van der Waals surface area contributed by atoms with E-state index in [1.165, 1.54) is 16.4 Å². The van der Waals surface area contributed by atoms with Crippen LogP contribution < -0.4 is 4.74 Å². The van der Waals surface area contributed by atoms with Gasteiger partial charge in [0.1, 0.15) is 18.4 Å². The first-order valence-electron chi connectivity index (χ1n) is 7.96. The molecule has 0 amide bonds.